The Balaban J connectivity index is 2.65. The number of carbonyl (C=O) groups excluding carboxylic acids is 2. The fraction of sp³-hybridized carbons (Fsp3) is 0.579. The molecule has 0 fully saturated rings. The van der Waals surface area contributed by atoms with Gasteiger partial charge in [-0.2, -0.15) is 0 Å². The van der Waals surface area contributed by atoms with E-state index < -0.39 is 24.1 Å². The normalized spacial score (nSPS) is 13.4. The lowest BCUT2D eigenvalue weighted by Crippen LogP contribution is -2.33. The summed E-state index contributed by atoms with van der Waals surface area (Å²) in [7, 11) is 1.27. The van der Waals surface area contributed by atoms with Crippen LogP contribution >= 0.6 is 0 Å². The molecule has 0 saturated heterocycles. The third-order valence-corrected chi connectivity index (χ3v) is 3.82. The molecule has 24 heavy (non-hydrogen) atoms. The van der Waals surface area contributed by atoms with Crippen molar-refractivity contribution in [3.63, 3.8) is 0 Å². The summed E-state index contributed by atoms with van der Waals surface area (Å²) in [6, 6.07) is 8.63. The van der Waals surface area contributed by atoms with E-state index in [1.165, 1.54) is 7.11 Å². The molecule has 0 bridgehead atoms. The Labute approximate surface area is 144 Å². The van der Waals surface area contributed by atoms with Crippen LogP contribution in [0.5, 0.6) is 0 Å². The molecule has 0 spiro atoms. The Morgan fingerprint density at radius 3 is 2.29 bits per heavy atom. The van der Waals surface area contributed by atoms with E-state index in [9.17, 15) is 14.7 Å². The molecule has 2 atom stereocenters. The lowest BCUT2D eigenvalue weighted by molar-refractivity contribution is -0.145. The van der Waals surface area contributed by atoms with Crippen molar-refractivity contribution < 1.29 is 24.2 Å². The largest absolute Gasteiger partial charge is 0.469 e. The minimum Gasteiger partial charge on any atom is -0.469 e. The van der Waals surface area contributed by atoms with Gasteiger partial charge >= 0.3 is 11.9 Å². The van der Waals surface area contributed by atoms with Gasteiger partial charge < -0.3 is 14.6 Å². The van der Waals surface area contributed by atoms with Crippen molar-refractivity contribution in [1.29, 1.82) is 0 Å². The minimum absolute atomic E-state index is 0.187. The van der Waals surface area contributed by atoms with Crippen molar-refractivity contribution in [3.8, 4) is 0 Å². The molecule has 1 rings (SSSR count). The van der Waals surface area contributed by atoms with Gasteiger partial charge in [-0.05, 0) is 30.9 Å². The summed E-state index contributed by atoms with van der Waals surface area (Å²) in [5.41, 5.74) is 0.426. The zero-order valence-electron chi connectivity index (χ0n) is 14.7. The minimum atomic E-state index is -1.07. The van der Waals surface area contributed by atoms with E-state index in [0.29, 0.717) is 17.9 Å². The first-order valence-corrected chi connectivity index (χ1v) is 8.45. The van der Waals surface area contributed by atoms with Crippen LogP contribution in [0, 0.1) is 5.92 Å². The summed E-state index contributed by atoms with van der Waals surface area (Å²) in [5, 5.41) is 10.2. The Morgan fingerprint density at radius 1 is 1.08 bits per heavy atom. The van der Waals surface area contributed by atoms with Crippen LogP contribution in [0.1, 0.15) is 56.3 Å². The number of ether oxygens (including phenoxy) is 2. The summed E-state index contributed by atoms with van der Waals surface area (Å²) >= 11 is 0. The second-order valence-corrected chi connectivity index (χ2v) is 6.34. The molecule has 0 saturated carbocycles. The van der Waals surface area contributed by atoms with Gasteiger partial charge in [0.15, 0.2) is 0 Å². The zero-order valence-corrected chi connectivity index (χ0v) is 14.7. The first kappa shape index (κ1) is 20.2. The molecule has 0 unspecified atom stereocenters. The smallest absolute Gasteiger partial charge is 0.338 e. The van der Waals surface area contributed by atoms with Crippen LogP contribution in [0.4, 0.5) is 0 Å². The number of benzene rings is 1. The van der Waals surface area contributed by atoms with Crippen molar-refractivity contribution in [3.05, 3.63) is 35.9 Å². The van der Waals surface area contributed by atoms with Gasteiger partial charge in [0.25, 0.3) is 0 Å². The molecule has 0 heterocycles. The average Bonchev–Trinajstić information content (AvgIpc) is 2.57. The number of methoxy groups -OCH3 is 1. The molecular weight excluding hydrogens is 308 g/mol. The standard InChI is InChI=1S/C19H28O5/c1-14(2)9-7-8-12-17(16(20)13-18(21)23-3)24-19(22)15-10-5-4-6-11-15/h4-6,10-11,14,16-17,20H,7-9,12-13H2,1-3H3/t16-,17-/m0/s1. The van der Waals surface area contributed by atoms with Crippen LogP contribution in [-0.4, -0.2) is 36.4 Å². The summed E-state index contributed by atoms with van der Waals surface area (Å²) in [6.07, 6.45) is 1.43. The van der Waals surface area contributed by atoms with Crippen molar-refractivity contribution in [2.45, 2.75) is 58.2 Å². The van der Waals surface area contributed by atoms with E-state index in [2.05, 4.69) is 18.6 Å². The van der Waals surface area contributed by atoms with Crippen molar-refractivity contribution >= 4 is 11.9 Å². The van der Waals surface area contributed by atoms with E-state index in [1.807, 2.05) is 6.07 Å². The summed E-state index contributed by atoms with van der Waals surface area (Å²) < 4.78 is 10.0. The van der Waals surface area contributed by atoms with Crippen LogP contribution < -0.4 is 0 Å². The molecule has 1 N–H and O–H groups in total. The zero-order chi connectivity index (χ0) is 17.9. The van der Waals surface area contributed by atoms with E-state index >= 15 is 0 Å². The van der Waals surface area contributed by atoms with E-state index in [4.69, 9.17) is 4.74 Å². The molecule has 5 heteroatoms. The Hall–Kier alpha value is -1.88. The van der Waals surface area contributed by atoms with Crippen LogP contribution in [0.25, 0.3) is 0 Å². The van der Waals surface area contributed by atoms with Gasteiger partial charge in [0.05, 0.1) is 19.1 Å². The van der Waals surface area contributed by atoms with Crippen LogP contribution in [0.3, 0.4) is 0 Å². The highest BCUT2D eigenvalue weighted by Crippen LogP contribution is 2.17. The number of esters is 2. The predicted molar refractivity (Wildman–Crippen MR) is 91.6 cm³/mol. The number of unbranched alkanes of at least 4 members (excludes halogenated alkanes) is 1. The van der Waals surface area contributed by atoms with Gasteiger partial charge in [-0.25, -0.2) is 4.79 Å². The Kier molecular flexibility index (Phi) is 9.08. The maximum Gasteiger partial charge on any atom is 0.338 e. The monoisotopic (exact) mass is 336 g/mol. The van der Waals surface area contributed by atoms with Crippen LogP contribution in [0.15, 0.2) is 30.3 Å². The number of carbonyl (C=O) groups is 2. The molecule has 0 aliphatic carbocycles. The highest BCUT2D eigenvalue weighted by molar-refractivity contribution is 5.89. The molecule has 0 amide bonds. The van der Waals surface area contributed by atoms with E-state index in [-0.39, 0.29) is 6.42 Å². The van der Waals surface area contributed by atoms with Gasteiger partial charge in [-0.3, -0.25) is 4.79 Å². The Bertz CT molecular complexity index is 498. The highest BCUT2D eigenvalue weighted by atomic mass is 16.6. The second kappa shape index (κ2) is 10.8. The molecule has 134 valence electrons. The maximum atomic E-state index is 12.2. The van der Waals surface area contributed by atoms with Crippen molar-refractivity contribution in [1.82, 2.24) is 0 Å². The molecule has 0 radical (unpaired) electrons. The predicted octanol–water partition coefficient (Wildman–Crippen LogP) is 3.35. The topological polar surface area (TPSA) is 72.8 Å². The number of hydrogen-bond donors (Lipinski definition) is 1. The lowest BCUT2D eigenvalue weighted by Gasteiger charge is -2.23. The first-order chi connectivity index (χ1) is 11.4. The molecule has 0 aliphatic heterocycles. The molecule has 0 aromatic heterocycles. The number of aliphatic hydroxyl groups excluding tert-OH is 1. The van der Waals surface area contributed by atoms with E-state index in [1.54, 1.807) is 24.3 Å². The van der Waals surface area contributed by atoms with Crippen LogP contribution in [0.2, 0.25) is 0 Å². The van der Waals surface area contributed by atoms with Gasteiger partial charge in [-0.15, -0.1) is 0 Å². The fourth-order valence-electron chi connectivity index (χ4n) is 2.39. The quantitative estimate of drug-likeness (QED) is 0.524. The maximum absolute atomic E-state index is 12.2. The van der Waals surface area contributed by atoms with Gasteiger partial charge in [0.2, 0.25) is 0 Å². The third kappa shape index (κ3) is 7.59. The summed E-state index contributed by atoms with van der Waals surface area (Å²) in [4.78, 5) is 23.6. The van der Waals surface area contributed by atoms with Crippen molar-refractivity contribution in [2.24, 2.45) is 5.92 Å². The molecule has 1 aromatic rings. The molecule has 1 aromatic carbocycles. The van der Waals surface area contributed by atoms with Crippen molar-refractivity contribution in [2.75, 3.05) is 7.11 Å². The molecular formula is C19H28O5. The number of hydrogen-bond acceptors (Lipinski definition) is 5. The van der Waals surface area contributed by atoms with Gasteiger partial charge in [-0.1, -0.05) is 44.9 Å². The first-order valence-electron chi connectivity index (χ1n) is 8.45. The average molecular weight is 336 g/mol. The fourth-order valence-corrected chi connectivity index (χ4v) is 2.39. The van der Waals surface area contributed by atoms with Gasteiger partial charge in [0.1, 0.15) is 12.2 Å². The Morgan fingerprint density at radius 2 is 1.71 bits per heavy atom. The summed E-state index contributed by atoms with van der Waals surface area (Å²) in [5.74, 6) is -0.408. The van der Waals surface area contributed by atoms with Crippen LogP contribution in [-0.2, 0) is 14.3 Å². The van der Waals surface area contributed by atoms with E-state index in [0.717, 1.165) is 19.3 Å². The molecule has 0 aliphatic rings. The lowest BCUT2D eigenvalue weighted by atomic mass is 10.0. The molecule has 5 nitrogen and oxygen atoms in total. The highest BCUT2D eigenvalue weighted by Gasteiger charge is 2.26. The SMILES string of the molecule is COC(=O)C[C@H](O)[C@H](CCCCC(C)C)OC(=O)c1ccccc1. The second-order valence-electron chi connectivity index (χ2n) is 6.34. The third-order valence-electron chi connectivity index (χ3n) is 3.82. The van der Waals surface area contributed by atoms with Gasteiger partial charge in [0, 0.05) is 0 Å². The summed E-state index contributed by atoms with van der Waals surface area (Å²) in [6.45, 7) is 4.30. The number of aliphatic hydroxyl groups is 1. The number of rotatable bonds is 10.